The summed E-state index contributed by atoms with van der Waals surface area (Å²) in [4.78, 5) is 0. The van der Waals surface area contributed by atoms with Gasteiger partial charge in [0.1, 0.15) is 0 Å². The minimum absolute atomic E-state index is 0. The van der Waals surface area contributed by atoms with Crippen molar-refractivity contribution in [1.29, 1.82) is 10.5 Å². The van der Waals surface area contributed by atoms with Crippen LogP contribution in [0.2, 0.25) is 0 Å². The van der Waals surface area contributed by atoms with Crippen LogP contribution in [0.15, 0.2) is 0 Å². The summed E-state index contributed by atoms with van der Waals surface area (Å²) in [6.45, 7) is 0. The molecule has 0 fully saturated rings. The summed E-state index contributed by atoms with van der Waals surface area (Å²) < 4.78 is 0. The van der Waals surface area contributed by atoms with Gasteiger partial charge in [0.2, 0.25) is 0 Å². The SMILES string of the molecule is N.N#CC#N.[KH]. The van der Waals surface area contributed by atoms with E-state index in [2.05, 4.69) is 0 Å². The van der Waals surface area contributed by atoms with E-state index < -0.39 is 0 Å². The topological polar surface area (TPSA) is 82.6 Å². The molecular weight excluding hydrogens is 105 g/mol. The van der Waals surface area contributed by atoms with Gasteiger partial charge in [-0.25, -0.2) is 0 Å². The molecule has 0 amide bonds. The van der Waals surface area contributed by atoms with Crippen LogP contribution < -0.4 is 6.15 Å². The maximum absolute atomic E-state index is 7.26. The van der Waals surface area contributed by atoms with E-state index in [1.54, 1.807) is 0 Å². The number of hydrogen-bond donors (Lipinski definition) is 1. The molecule has 0 heterocycles. The van der Waals surface area contributed by atoms with Crippen molar-refractivity contribution in [3.8, 4) is 12.1 Å². The maximum atomic E-state index is 7.26. The predicted octanol–water partition coefficient (Wildman–Crippen LogP) is -0.453. The van der Waals surface area contributed by atoms with E-state index in [9.17, 15) is 0 Å². The standard InChI is InChI=1S/C2N2.K.H3N.H/c3-1-2-4;;;/h;;1H3;. The van der Waals surface area contributed by atoms with Crippen LogP contribution in [0, 0.1) is 22.7 Å². The van der Waals surface area contributed by atoms with Crippen LogP contribution in [0.25, 0.3) is 0 Å². The molecule has 6 heavy (non-hydrogen) atoms. The van der Waals surface area contributed by atoms with Crippen molar-refractivity contribution >= 4 is 51.4 Å². The van der Waals surface area contributed by atoms with Gasteiger partial charge in [-0.3, -0.25) is 0 Å². The van der Waals surface area contributed by atoms with Gasteiger partial charge in [-0.2, -0.15) is 10.5 Å². The Balaban J connectivity index is -0.0000000450. The van der Waals surface area contributed by atoms with Crippen LogP contribution in [0.5, 0.6) is 0 Å². The second-order valence-corrected chi connectivity index (χ2v) is 0.224. The molecule has 0 aromatic heterocycles. The summed E-state index contributed by atoms with van der Waals surface area (Å²) in [7, 11) is 0. The van der Waals surface area contributed by atoms with E-state index >= 15 is 0 Å². The van der Waals surface area contributed by atoms with E-state index in [4.69, 9.17) is 10.5 Å². The number of hydrogen-bond acceptors (Lipinski definition) is 3. The van der Waals surface area contributed by atoms with Crippen molar-refractivity contribution < 1.29 is 0 Å². The van der Waals surface area contributed by atoms with E-state index in [0.717, 1.165) is 0 Å². The van der Waals surface area contributed by atoms with Crippen LogP contribution in [0.1, 0.15) is 0 Å². The van der Waals surface area contributed by atoms with Crippen molar-refractivity contribution in [3.05, 3.63) is 0 Å². The summed E-state index contributed by atoms with van der Waals surface area (Å²) in [6.07, 6.45) is 0. The predicted molar refractivity (Wildman–Crippen MR) is 23.4 cm³/mol. The third-order valence-corrected chi connectivity index (χ3v) is 0.0500. The quantitative estimate of drug-likeness (QED) is 0.427. The minimum atomic E-state index is 0. The van der Waals surface area contributed by atoms with E-state index in [0.29, 0.717) is 0 Å². The van der Waals surface area contributed by atoms with E-state index in [-0.39, 0.29) is 57.5 Å². The molecule has 3 N–H and O–H groups in total. The van der Waals surface area contributed by atoms with Gasteiger partial charge in [0.15, 0.2) is 12.1 Å². The van der Waals surface area contributed by atoms with Crippen molar-refractivity contribution in [2.75, 3.05) is 0 Å². The fraction of sp³-hybridized carbons (Fsp3) is 0. The van der Waals surface area contributed by atoms with Crippen molar-refractivity contribution in [2.24, 2.45) is 0 Å². The van der Waals surface area contributed by atoms with Crippen LogP contribution in [0.4, 0.5) is 0 Å². The zero-order chi connectivity index (χ0) is 3.41. The Bertz CT molecular complexity index is 63.8. The van der Waals surface area contributed by atoms with Crippen molar-refractivity contribution in [3.63, 3.8) is 0 Å². The monoisotopic (exact) mass is 109 g/mol. The first kappa shape index (κ1) is 16.0. The van der Waals surface area contributed by atoms with Crippen LogP contribution in [0.3, 0.4) is 0 Å². The number of nitrogens with zero attached hydrogens (tertiary/aromatic N) is 2. The average Bonchev–Trinajstić information content (AvgIpc) is 1.37. The van der Waals surface area contributed by atoms with Crippen LogP contribution in [-0.2, 0) is 0 Å². The van der Waals surface area contributed by atoms with E-state index in [1.165, 1.54) is 12.1 Å². The van der Waals surface area contributed by atoms with Gasteiger partial charge in [-0.15, -0.1) is 0 Å². The Kier molecular flexibility index (Phi) is 46.9. The Morgan fingerprint density at radius 3 is 1.17 bits per heavy atom. The van der Waals surface area contributed by atoms with Gasteiger partial charge < -0.3 is 6.15 Å². The molecule has 0 aliphatic heterocycles. The molecular formula is C2H4KN3. The molecule has 0 aromatic rings. The fourth-order valence-electron chi connectivity index (χ4n) is 0. The molecule has 0 aliphatic carbocycles. The number of nitriles is 2. The van der Waals surface area contributed by atoms with Crippen molar-refractivity contribution in [1.82, 2.24) is 6.15 Å². The van der Waals surface area contributed by atoms with Crippen LogP contribution >= 0.6 is 0 Å². The molecule has 0 spiro atoms. The van der Waals surface area contributed by atoms with Gasteiger partial charge in [-0.05, 0) is 0 Å². The normalized spacial score (nSPS) is 1.67. The fourth-order valence-corrected chi connectivity index (χ4v) is 0. The molecule has 0 aromatic carbocycles. The Morgan fingerprint density at radius 1 is 1.00 bits per heavy atom. The Labute approximate surface area is 78.9 Å². The summed E-state index contributed by atoms with van der Waals surface area (Å²) in [5.74, 6) is 0. The average molecular weight is 109 g/mol. The molecule has 0 saturated heterocycles. The summed E-state index contributed by atoms with van der Waals surface area (Å²) in [5, 5.41) is 14.5. The van der Waals surface area contributed by atoms with Gasteiger partial charge in [0, 0.05) is 0 Å². The van der Waals surface area contributed by atoms with Gasteiger partial charge >= 0.3 is 51.4 Å². The first-order valence-electron chi connectivity index (χ1n) is 0.697. The molecule has 28 valence electrons. The summed E-state index contributed by atoms with van der Waals surface area (Å²) in [5.41, 5.74) is 0. The van der Waals surface area contributed by atoms with E-state index in [1.807, 2.05) is 0 Å². The molecule has 0 saturated carbocycles. The second-order valence-electron chi connectivity index (χ2n) is 0.224. The van der Waals surface area contributed by atoms with Gasteiger partial charge in [0.25, 0.3) is 0 Å². The zero-order valence-electron chi connectivity index (χ0n) is 2.60. The summed E-state index contributed by atoms with van der Waals surface area (Å²) >= 11 is 0. The van der Waals surface area contributed by atoms with Gasteiger partial charge in [-0.1, -0.05) is 0 Å². The molecule has 0 unspecified atom stereocenters. The molecule has 0 aliphatic rings. The zero-order valence-corrected chi connectivity index (χ0v) is 2.60. The third kappa shape index (κ3) is 23.6. The Morgan fingerprint density at radius 2 is 1.17 bits per heavy atom. The van der Waals surface area contributed by atoms with Crippen LogP contribution in [-0.4, -0.2) is 51.4 Å². The molecule has 0 rings (SSSR count). The first-order chi connectivity index (χ1) is 1.91. The molecule has 0 atom stereocenters. The summed E-state index contributed by atoms with van der Waals surface area (Å²) in [6, 6.07) is 2.47. The van der Waals surface area contributed by atoms with Gasteiger partial charge in [0.05, 0.1) is 0 Å². The third-order valence-electron chi connectivity index (χ3n) is 0.0500. The first-order valence-corrected chi connectivity index (χ1v) is 0.697. The molecule has 0 bridgehead atoms. The number of rotatable bonds is 0. The molecule has 3 nitrogen and oxygen atoms in total. The Hall–Kier alpha value is 0.576. The molecule has 4 heteroatoms. The van der Waals surface area contributed by atoms with Crippen molar-refractivity contribution in [2.45, 2.75) is 0 Å². The molecule has 0 radical (unpaired) electrons. The second kappa shape index (κ2) is 17.6.